The summed E-state index contributed by atoms with van der Waals surface area (Å²) in [6, 6.07) is 0. The van der Waals surface area contributed by atoms with Crippen LogP contribution in [0.2, 0.25) is 0 Å². The van der Waals surface area contributed by atoms with Crippen molar-refractivity contribution in [2.75, 3.05) is 26.2 Å². The predicted octanol–water partition coefficient (Wildman–Crippen LogP) is 0.309. The van der Waals surface area contributed by atoms with Crippen molar-refractivity contribution < 1.29 is 14.7 Å². The van der Waals surface area contributed by atoms with Gasteiger partial charge in [-0.25, -0.2) is 0 Å². The predicted molar refractivity (Wildman–Crippen MR) is 62.5 cm³/mol. The van der Waals surface area contributed by atoms with Crippen molar-refractivity contribution in [3.63, 3.8) is 0 Å². The maximum atomic E-state index is 12.2. The monoisotopic (exact) mass is 240 g/mol. The van der Waals surface area contributed by atoms with Crippen molar-refractivity contribution in [3.8, 4) is 0 Å². The van der Waals surface area contributed by atoms with Gasteiger partial charge >= 0.3 is 5.97 Å². The van der Waals surface area contributed by atoms with Gasteiger partial charge in [0.15, 0.2) is 0 Å². The molecule has 1 amide bonds. The van der Waals surface area contributed by atoms with Gasteiger partial charge in [0.25, 0.3) is 0 Å². The van der Waals surface area contributed by atoms with Crippen molar-refractivity contribution in [3.05, 3.63) is 0 Å². The van der Waals surface area contributed by atoms with Crippen molar-refractivity contribution in [1.82, 2.24) is 10.2 Å². The fourth-order valence-electron chi connectivity index (χ4n) is 2.70. The molecule has 0 aliphatic carbocycles. The number of piperidine rings is 2. The highest BCUT2D eigenvalue weighted by Gasteiger charge is 2.32. The Labute approximate surface area is 101 Å². The van der Waals surface area contributed by atoms with Crippen LogP contribution in [-0.2, 0) is 9.59 Å². The molecule has 2 heterocycles. The fourth-order valence-corrected chi connectivity index (χ4v) is 2.70. The number of aliphatic carboxylic acids is 1. The maximum Gasteiger partial charge on any atom is 0.308 e. The molecule has 1 unspecified atom stereocenters. The van der Waals surface area contributed by atoms with Gasteiger partial charge in [-0.15, -0.1) is 0 Å². The molecule has 2 N–H and O–H groups in total. The third kappa shape index (κ3) is 2.97. The topological polar surface area (TPSA) is 69.6 Å². The normalized spacial score (nSPS) is 30.0. The first-order chi connectivity index (χ1) is 8.18. The van der Waals surface area contributed by atoms with Crippen LogP contribution in [0.3, 0.4) is 0 Å². The third-order valence-electron chi connectivity index (χ3n) is 3.73. The van der Waals surface area contributed by atoms with Gasteiger partial charge in [0.05, 0.1) is 11.8 Å². The molecule has 0 aromatic carbocycles. The Morgan fingerprint density at radius 2 is 1.94 bits per heavy atom. The number of nitrogens with zero attached hydrogens (tertiary/aromatic N) is 1. The molecule has 0 saturated carbocycles. The van der Waals surface area contributed by atoms with Crippen LogP contribution >= 0.6 is 0 Å². The summed E-state index contributed by atoms with van der Waals surface area (Å²) in [6.45, 7) is 2.85. The molecule has 5 nitrogen and oxygen atoms in total. The Morgan fingerprint density at radius 3 is 2.59 bits per heavy atom. The molecule has 2 aliphatic heterocycles. The molecule has 2 atom stereocenters. The summed E-state index contributed by atoms with van der Waals surface area (Å²) < 4.78 is 0. The van der Waals surface area contributed by atoms with E-state index in [0.29, 0.717) is 13.0 Å². The molecular formula is C12H20N2O3. The van der Waals surface area contributed by atoms with Crippen LogP contribution in [0.5, 0.6) is 0 Å². The molecule has 0 aromatic heterocycles. The smallest absolute Gasteiger partial charge is 0.308 e. The zero-order valence-electron chi connectivity index (χ0n) is 10.0. The van der Waals surface area contributed by atoms with Gasteiger partial charge in [-0.1, -0.05) is 0 Å². The summed E-state index contributed by atoms with van der Waals surface area (Å²) in [5.74, 6) is -0.951. The third-order valence-corrected chi connectivity index (χ3v) is 3.73. The minimum Gasteiger partial charge on any atom is -0.481 e. The minimum atomic E-state index is -0.774. The highest BCUT2D eigenvalue weighted by atomic mass is 16.4. The molecule has 5 heteroatoms. The van der Waals surface area contributed by atoms with Crippen LogP contribution < -0.4 is 5.32 Å². The number of carboxylic acids is 1. The summed E-state index contributed by atoms with van der Waals surface area (Å²) >= 11 is 0. The van der Waals surface area contributed by atoms with E-state index in [-0.39, 0.29) is 17.7 Å². The molecule has 17 heavy (non-hydrogen) atoms. The number of carboxylic acid groups (broad SMARTS) is 1. The zero-order valence-corrected chi connectivity index (χ0v) is 10.0. The summed E-state index contributed by atoms with van der Waals surface area (Å²) in [5.41, 5.74) is 0. The first kappa shape index (κ1) is 12.4. The van der Waals surface area contributed by atoms with Gasteiger partial charge in [-0.05, 0) is 32.2 Å². The van der Waals surface area contributed by atoms with Gasteiger partial charge in [0.1, 0.15) is 0 Å². The maximum absolute atomic E-state index is 12.2. The molecule has 0 radical (unpaired) electrons. The molecule has 2 fully saturated rings. The summed E-state index contributed by atoms with van der Waals surface area (Å²) in [6.07, 6.45) is 3.47. The lowest BCUT2D eigenvalue weighted by Gasteiger charge is -2.34. The second-order valence-electron chi connectivity index (χ2n) is 5.00. The SMILES string of the molecule is O=C(O)C1CCCN(C(=O)[C@H]2CCCNC2)C1. The van der Waals surface area contributed by atoms with Gasteiger partial charge < -0.3 is 15.3 Å². The number of likely N-dealkylation sites (tertiary alicyclic amines) is 1. The molecule has 2 saturated heterocycles. The lowest BCUT2D eigenvalue weighted by atomic mass is 9.94. The second-order valence-corrected chi connectivity index (χ2v) is 5.00. The van der Waals surface area contributed by atoms with Crippen molar-refractivity contribution in [1.29, 1.82) is 0 Å². The number of amides is 1. The van der Waals surface area contributed by atoms with Crippen molar-refractivity contribution >= 4 is 11.9 Å². The van der Waals surface area contributed by atoms with Crippen LogP contribution in [0.4, 0.5) is 0 Å². The van der Waals surface area contributed by atoms with E-state index in [2.05, 4.69) is 5.32 Å². The summed E-state index contributed by atoms with van der Waals surface area (Å²) in [7, 11) is 0. The number of rotatable bonds is 2. The lowest BCUT2D eigenvalue weighted by molar-refractivity contribution is -0.147. The molecule has 2 aliphatic rings. The first-order valence-corrected chi connectivity index (χ1v) is 6.41. The minimum absolute atomic E-state index is 0.0521. The Morgan fingerprint density at radius 1 is 1.18 bits per heavy atom. The number of hydrogen-bond donors (Lipinski definition) is 2. The van der Waals surface area contributed by atoms with E-state index >= 15 is 0 Å². The van der Waals surface area contributed by atoms with E-state index in [1.807, 2.05) is 0 Å². The largest absolute Gasteiger partial charge is 0.481 e. The number of carbonyl (C=O) groups is 2. The van der Waals surface area contributed by atoms with Gasteiger partial charge in [0, 0.05) is 19.6 Å². The molecular weight excluding hydrogens is 220 g/mol. The van der Waals surface area contributed by atoms with Crippen LogP contribution in [0.15, 0.2) is 0 Å². The first-order valence-electron chi connectivity index (χ1n) is 6.41. The Kier molecular flexibility index (Phi) is 3.99. The Bertz CT molecular complexity index is 300. The highest BCUT2D eigenvalue weighted by molar-refractivity contribution is 5.80. The van der Waals surface area contributed by atoms with Crippen LogP contribution in [0.25, 0.3) is 0 Å². The van der Waals surface area contributed by atoms with Crippen LogP contribution in [0.1, 0.15) is 25.7 Å². The number of hydrogen-bond acceptors (Lipinski definition) is 3. The van der Waals surface area contributed by atoms with Crippen molar-refractivity contribution in [2.24, 2.45) is 11.8 Å². The van der Waals surface area contributed by atoms with Gasteiger partial charge in [0.2, 0.25) is 5.91 Å². The second kappa shape index (κ2) is 5.49. The molecule has 2 rings (SSSR count). The van der Waals surface area contributed by atoms with E-state index in [0.717, 1.165) is 38.9 Å². The number of carbonyl (C=O) groups excluding carboxylic acids is 1. The fraction of sp³-hybridized carbons (Fsp3) is 0.833. The average molecular weight is 240 g/mol. The standard InChI is InChI=1S/C12H20N2O3/c15-11(9-3-1-5-13-7-9)14-6-2-4-10(8-14)12(16)17/h9-10,13H,1-8H2,(H,16,17)/t9-,10?/m0/s1. The Hall–Kier alpha value is -1.10. The highest BCUT2D eigenvalue weighted by Crippen LogP contribution is 2.20. The lowest BCUT2D eigenvalue weighted by Crippen LogP contribution is -2.48. The van der Waals surface area contributed by atoms with Crippen LogP contribution in [-0.4, -0.2) is 48.1 Å². The van der Waals surface area contributed by atoms with Gasteiger partial charge in [-0.3, -0.25) is 9.59 Å². The molecule has 0 spiro atoms. The van der Waals surface area contributed by atoms with E-state index in [1.54, 1.807) is 4.90 Å². The van der Waals surface area contributed by atoms with E-state index in [1.165, 1.54) is 0 Å². The number of nitrogens with one attached hydrogen (secondary N) is 1. The van der Waals surface area contributed by atoms with E-state index < -0.39 is 5.97 Å². The summed E-state index contributed by atoms with van der Waals surface area (Å²) in [4.78, 5) is 24.9. The van der Waals surface area contributed by atoms with Crippen LogP contribution in [0, 0.1) is 11.8 Å². The van der Waals surface area contributed by atoms with Gasteiger partial charge in [-0.2, -0.15) is 0 Å². The zero-order chi connectivity index (χ0) is 12.3. The molecule has 96 valence electrons. The molecule has 0 aromatic rings. The quantitative estimate of drug-likeness (QED) is 0.729. The van der Waals surface area contributed by atoms with Crippen molar-refractivity contribution in [2.45, 2.75) is 25.7 Å². The average Bonchev–Trinajstić information content (AvgIpc) is 2.39. The van der Waals surface area contributed by atoms with E-state index in [9.17, 15) is 9.59 Å². The molecule has 0 bridgehead atoms. The Balaban J connectivity index is 1.91. The van der Waals surface area contributed by atoms with E-state index in [4.69, 9.17) is 5.11 Å². The summed E-state index contributed by atoms with van der Waals surface area (Å²) in [5, 5.41) is 12.2.